The van der Waals surface area contributed by atoms with Gasteiger partial charge in [-0.05, 0) is 36.8 Å². The molecule has 32 heavy (non-hydrogen) atoms. The average molecular weight is 466 g/mol. The zero-order valence-electron chi connectivity index (χ0n) is 18.2. The van der Waals surface area contributed by atoms with Crippen molar-refractivity contribution in [2.24, 2.45) is 0 Å². The van der Waals surface area contributed by atoms with Crippen LogP contribution < -0.4 is 20.1 Å². The van der Waals surface area contributed by atoms with Gasteiger partial charge in [0.1, 0.15) is 24.2 Å². The number of ether oxygens (including phenoxy) is 3. The summed E-state index contributed by atoms with van der Waals surface area (Å²) < 4.78 is 16.9. The van der Waals surface area contributed by atoms with Gasteiger partial charge in [-0.3, -0.25) is 5.32 Å². The van der Waals surface area contributed by atoms with E-state index in [1.165, 1.54) is 0 Å². The molecule has 0 saturated carbocycles. The lowest BCUT2D eigenvalue weighted by atomic mass is 10.2. The van der Waals surface area contributed by atoms with Gasteiger partial charge in [0.15, 0.2) is 6.23 Å². The Labute approximate surface area is 195 Å². The zero-order chi connectivity index (χ0) is 21.9. The number of rotatable bonds is 10. The van der Waals surface area contributed by atoms with E-state index in [-0.39, 0.29) is 18.4 Å². The lowest BCUT2D eigenvalue weighted by Crippen LogP contribution is -2.49. The number of halogens is 1. The summed E-state index contributed by atoms with van der Waals surface area (Å²) in [4.78, 5) is 13.8. The van der Waals surface area contributed by atoms with Gasteiger partial charge in [-0.15, -0.1) is 12.4 Å². The summed E-state index contributed by atoms with van der Waals surface area (Å²) in [6.45, 7) is 5.38. The van der Waals surface area contributed by atoms with Crippen molar-refractivity contribution in [1.29, 1.82) is 0 Å². The second-order valence-electron chi connectivity index (χ2n) is 7.31. The Hall–Kier alpha value is -2.52. The van der Waals surface area contributed by atoms with Crippen LogP contribution in [-0.4, -0.2) is 67.8 Å². The summed E-state index contributed by atoms with van der Waals surface area (Å²) in [5.41, 5.74) is 1.10. The number of benzene rings is 2. The number of morpholine rings is 1. The summed E-state index contributed by atoms with van der Waals surface area (Å²) in [6.07, 6.45) is -1.33. The van der Waals surface area contributed by atoms with E-state index in [1.54, 1.807) is 24.0 Å². The molecule has 0 aromatic heterocycles. The molecule has 2 atom stereocenters. The number of hydrogen-bond acceptors (Lipinski definition) is 6. The maximum Gasteiger partial charge on any atom is 0.317 e. The van der Waals surface area contributed by atoms with Gasteiger partial charge in [0.2, 0.25) is 0 Å². The van der Waals surface area contributed by atoms with Gasteiger partial charge in [0.05, 0.1) is 13.2 Å². The molecule has 2 amide bonds. The number of hydrogen-bond donors (Lipinski definition) is 3. The Bertz CT molecular complexity index is 786. The smallest absolute Gasteiger partial charge is 0.317 e. The van der Waals surface area contributed by atoms with E-state index in [9.17, 15) is 9.90 Å². The lowest BCUT2D eigenvalue weighted by Gasteiger charge is -2.27. The summed E-state index contributed by atoms with van der Waals surface area (Å²) in [7, 11) is 0. The second-order valence-corrected chi connectivity index (χ2v) is 7.31. The van der Waals surface area contributed by atoms with Gasteiger partial charge < -0.3 is 29.5 Å². The third-order valence-corrected chi connectivity index (χ3v) is 4.82. The highest BCUT2D eigenvalue weighted by molar-refractivity contribution is 5.85. The fraction of sp³-hybridized carbons (Fsp3) is 0.435. The molecule has 2 aromatic rings. The molecule has 1 aliphatic rings. The van der Waals surface area contributed by atoms with Gasteiger partial charge in [-0.1, -0.05) is 30.3 Å². The maximum absolute atomic E-state index is 12.1. The van der Waals surface area contributed by atoms with Gasteiger partial charge in [-0.2, -0.15) is 0 Å². The van der Waals surface area contributed by atoms with Crippen molar-refractivity contribution in [3.05, 3.63) is 60.2 Å². The van der Waals surface area contributed by atoms with Crippen molar-refractivity contribution < 1.29 is 24.1 Å². The van der Waals surface area contributed by atoms with Crippen molar-refractivity contribution in [2.75, 3.05) is 39.4 Å². The van der Waals surface area contributed by atoms with Crippen LogP contribution in [0.3, 0.4) is 0 Å². The highest BCUT2D eigenvalue weighted by Crippen LogP contribution is 2.20. The van der Waals surface area contributed by atoms with E-state index in [0.29, 0.717) is 51.7 Å². The number of nitrogens with one attached hydrogen (secondary N) is 2. The molecule has 0 radical (unpaired) electrons. The topological polar surface area (TPSA) is 92.3 Å². The quantitative estimate of drug-likeness (QED) is 0.368. The third kappa shape index (κ3) is 8.55. The van der Waals surface area contributed by atoms with Crippen LogP contribution in [-0.2, 0) is 11.3 Å². The minimum atomic E-state index is -0.732. The highest BCUT2D eigenvalue weighted by Gasteiger charge is 2.18. The van der Waals surface area contributed by atoms with E-state index in [1.807, 2.05) is 42.5 Å². The minimum absolute atomic E-state index is 0. The summed E-state index contributed by atoms with van der Waals surface area (Å²) in [5, 5.41) is 16.0. The first-order valence-corrected chi connectivity index (χ1v) is 10.6. The monoisotopic (exact) mass is 465 g/mol. The molecule has 3 rings (SSSR count). The van der Waals surface area contributed by atoms with Crippen molar-refractivity contribution in [3.8, 4) is 11.5 Å². The number of aliphatic hydroxyl groups excluding tert-OH is 1. The normalized spacial score (nSPS) is 15.2. The van der Waals surface area contributed by atoms with Crippen molar-refractivity contribution in [2.45, 2.75) is 25.9 Å². The zero-order valence-corrected chi connectivity index (χ0v) is 19.1. The van der Waals surface area contributed by atoms with Crippen molar-refractivity contribution in [3.63, 3.8) is 0 Å². The molecule has 2 unspecified atom stereocenters. The van der Waals surface area contributed by atoms with Crippen LogP contribution in [0.2, 0.25) is 0 Å². The van der Waals surface area contributed by atoms with Crippen molar-refractivity contribution >= 4 is 18.4 Å². The van der Waals surface area contributed by atoms with Crippen LogP contribution in [0.5, 0.6) is 11.5 Å². The van der Waals surface area contributed by atoms with E-state index in [2.05, 4.69) is 10.6 Å². The van der Waals surface area contributed by atoms with E-state index >= 15 is 0 Å². The van der Waals surface area contributed by atoms with Gasteiger partial charge >= 0.3 is 6.03 Å². The van der Waals surface area contributed by atoms with Gasteiger partial charge in [-0.25, -0.2) is 4.79 Å². The van der Waals surface area contributed by atoms with Crippen LogP contribution in [0, 0.1) is 0 Å². The van der Waals surface area contributed by atoms with E-state index in [4.69, 9.17) is 14.2 Å². The molecular formula is C23H32ClN3O5. The van der Waals surface area contributed by atoms with E-state index < -0.39 is 12.3 Å². The lowest BCUT2D eigenvalue weighted by molar-refractivity contribution is 0.0272. The summed E-state index contributed by atoms with van der Waals surface area (Å²) in [6, 6.07) is 17.1. The first-order chi connectivity index (χ1) is 15.1. The highest BCUT2D eigenvalue weighted by atomic mass is 35.5. The number of carbonyl (C=O) groups excluding carboxylic acids is 1. The molecular weight excluding hydrogens is 434 g/mol. The predicted octanol–water partition coefficient (Wildman–Crippen LogP) is 2.40. The van der Waals surface area contributed by atoms with Crippen LogP contribution >= 0.6 is 12.4 Å². The van der Waals surface area contributed by atoms with E-state index in [0.717, 1.165) is 11.3 Å². The molecule has 1 aliphatic heterocycles. The molecule has 3 N–H and O–H groups in total. The van der Waals surface area contributed by atoms with Crippen molar-refractivity contribution in [1.82, 2.24) is 15.5 Å². The molecule has 2 aromatic carbocycles. The summed E-state index contributed by atoms with van der Waals surface area (Å²) in [5.74, 6) is 1.35. The first kappa shape index (κ1) is 25.7. The third-order valence-electron chi connectivity index (χ3n) is 4.82. The standard InChI is InChI=1S/C23H31N3O5.ClH/c1-18(27)22(24-11-12-25-23(28)26-13-15-29-16-14-26)31-21-9-7-20(8-10-21)30-17-19-5-3-2-4-6-19;/h2-10,18,22,24,27H,11-17H2,1H3,(H,25,28);1H. The van der Waals surface area contributed by atoms with Crippen LogP contribution in [0.25, 0.3) is 0 Å². The molecule has 176 valence electrons. The molecule has 0 bridgehead atoms. The second kappa shape index (κ2) is 13.8. The SMILES string of the molecule is CC(O)C(NCCNC(=O)N1CCOCC1)Oc1ccc(OCc2ccccc2)cc1.Cl. The minimum Gasteiger partial charge on any atom is -0.489 e. The van der Waals surface area contributed by atoms with Gasteiger partial charge in [0.25, 0.3) is 0 Å². The van der Waals surface area contributed by atoms with Crippen LogP contribution in [0.1, 0.15) is 12.5 Å². The Balaban J connectivity index is 0.00000363. The Morgan fingerprint density at radius 1 is 1.06 bits per heavy atom. The first-order valence-electron chi connectivity index (χ1n) is 10.6. The molecule has 1 saturated heterocycles. The Morgan fingerprint density at radius 2 is 1.72 bits per heavy atom. The molecule has 0 spiro atoms. The maximum atomic E-state index is 12.1. The summed E-state index contributed by atoms with van der Waals surface area (Å²) >= 11 is 0. The Kier molecular flexibility index (Phi) is 11.1. The number of carbonyl (C=O) groups is 1. The number of amides is 2. The number of urea groups is 1. The van der Waals surface area contributed by atoms with Gasteiger partial charge in [0, 0.05) is 26.2 Å². The molecule has 1 heterocycles. The Morgan fingerprint density at radius 3 is 2.38 bits per heavy atom. The molecule has 0 aliphatic carbocycles. The van der Waals surface area contributed by atoms with Crippen LogP contribution in [0.15, 0.2) is 54.6 Å². The van der Waals surface area contributed by atoms with Crippen LogP contribution in [0.4, 0.5) is 4.79 Å². The molecule has 8 nitrogen and oxygen atoms in total. The molecule has 9 heteroatoms. The largest absolute Gasteiger partial charge is 0.489 e. The predicted molar refractivity (Wildman–Crippen MR) is 124 cm³/mol. The number of aliphatic hydroxyl groups is 1. The fourth-order valence-corrected chi connectivity index (χ4v) is 3.07. The molecule has 1 fully saturated rings. The number of nitrogens with zero attached hydrogens (tertiary/aromatic N) is 1. The fourth-order valence-electron chi connectivity index (χ4n) is 3.07. The average Bonchev–Trinajstić information content (AvgIpc) is 2.81.